The third-order valence-corrected chi connectivity index (χ3v) is 4.50. The van der Waals surface area contributed by atoms with E-state index in [4.69, 9.17) is 4.74 Å². The maximum Gasteiger partial charge on any atom is 0.341 e. The van der Waals surface area contributed by atoms with Crippen LogP contribution in [-0.2, 0) is 4.74 Å². The second kappa shape index (κ2) is 7.37. The van der Waals surface area contributed by atoms with Crippen molar-refractivity contribution in [1.82, 2.24) is 0 Å². The third kappa shape index (κ3) is 4.16. The molecule has 2 aromatic rings. The van der Waals surface area contributed by atoms with Gasteiger partial charge in [-0.05, 0) is 43.2 Å². The summed E-state index contributed by atoms with van der Waals surface area (Å²) >= 11 is 1.34. The Labute approximate surface area is 138 Å². The van der Waals surface area contributed by atoms with E-state index in [1.165, 1.54) is 35.6 Å². The highest BCUT2D eigenvalue weighted by atomic mass is 32.1. The number of carbonyl (C=O) groups excluding carboxylic acids is 2. The largest absolute Gasteiger partial charge is 0.462 e. The van der Waals surface area contributed by atoms with E-state index in [2.05, 4.69) is 5.32 Å². The van der Waals surface area contributed by atoms with Gasteiger partial charge in [0, 0.05) is 10.4 Å². The highest BCUT2D eigenvalue weighted by Crippen LogP contribution is 2.33. The molecule has 0 aliphatic heterocycles. The topological polar surface area (TPSA) is 55.4 Å². The molecule has 0 saturated carbocycles. The molecule has 1 amide bonds. The van der Waals surface area contributed by atoms with Crippen LogP contribution in [0.25, 0.3) is 0 Å². The number of amides is 1. The molecule has 0 atom stereocenters. The van der Waals surface area contributed by atoms with Crippen LogP contribution in [0.3, 0.4) is 0 Å². The van der Waals surface area contributed by atoms with Gasteiger partial charge in [0.25, 0.3) is 5.91 Å². The summed E-state index contributed by atoms with van der Waals surface area (Å²) in [6.07, 6.45) is 0. The number of hydrogen-bond donors (Lipinski definition) is 1. The molecule has 0 radical (unpaired) electrons. The van der Waals surface area contributed by atoms with Gasteiger partial charge in [0.1, 0.15) is 10.8 Å². The van der Waals surface area contributed by atoms with E-state index in [1.54, 1.807) is 13.0 Å². The minimum absolute atomic E-state index is 0.227. The third-order valence-electron chi connectivity index (χ3n) is 3.15. The Hall–Kier alpha value is -2.21. The Bertz CT molecular complexity index is 707. The lowest BCUT2D eigenvalue weighted by molar-refractivity contribution is 0.0528. The van der Waals surface area contributed by atoms with Crippen molar-refractivity contribution in [3.05, 3.63) is 52.2 Å². The quantitative estimate of drug-likeness (QED) is 0.822. The van der Waals surface area contributed by atoms with Crippen molar-refractivity contribution < 1.29 is 18.7 Å². The van der Waals surface area contributed by atoms with Gasteiger partial charge in [-0.2, -0.15) is 0 Å². The predicted molar refractivity (Wildman–Crippen MR) is 88.7 cm³/mol. The van der Waals surface area contributed by atoms with E-state index in [1.807, 2.05) is 13.8 Å². The van der Waals surface area contributed by atoms with Crippen LogP contribution in [0.1, 0.15) is 52.3 Å². The summed E-state index contributed by atoms with van der Waals surface area (Å²) in [5.74, 6) is -1.05. The van der Waals surface area contributed by atoms with E-state index in [0.29, 0.717) is 16.1 Å². The van der Waals surface area contributed by atoms with Gasteiger partial charge in [0.15, 0.2) is 0 Å². The van der Waals surface area contributed by atoms with Crippen molar-refractivity contribution in [2.75, 3.05) is 11.9 Å². The smallest absolute Gasteiger partial charge is 0.341 e. The molecule has 1 N–H and O–H groups in total. The summed E-state index contributed by atoms with van der Waals surface area (Å²) in [7, 11) is 0. The number of benzene rings is 1. The summed E-state index contributed by atoms with van der Waals surface area (Å²) in [5, 5.41) is 3.16. The first-order valence-corrected chi connectivity index (χ1v) is 8.11. The van der Waals surface area contributed by atoms with Gasteiger partial charge >= 0.3 is 5.97 Å². The number of carbonyl (C=O) groups is 2. The predicted octanol–water partition coefficient (Wildman–Crippen LogP) is 4.44. The Morgan fingerprint density at radius 1 is 1.26 bits per heavy atom. The van der Waals surface area contributed by atoms with Crippen LogP contribution < -0.4 is 5.32 Å². The molecule has 0 unspecified atom stereocenters. The lowest BCUT2D eigenvalue weighted by Gasteiger charge is -2.06. The number of esters is 1. The highest BCUT2D eigenvalue weighted by Gasteiger charge is 2.20. The number of hydrogen-bond acceptors (Lipinski definition) is 4. The molecule has 0 saturated heterocycles. The minimum atomic E-state index is -0.468. The number of thiophene rings is 1. The molecule has 1 aromatic carbocycles. The molecule has 1 heterocycles. The minimum Gasteiger partial charge on any atom is -0.462 e. The van der Waals surface area contributed by atoms with Crippen LogP contribution in [0, 0.1) is 5.82 Å². The van der Waals surface area contributed by atoms with E-state index in [-0.39, 0.29) is 12.5 Å². The van der Waals surface area contributed by atoms with Crippen LogP contribution >= 0.6 is 11.3 Å². The van der Waals surface area contributed by atoms with Gasteiger partial charge < -0.3 is 10.1 Å². The monoisotopic (exact) mass is 335 g/mol. The van der Waals surface area contributed by atoms with Crippen molar-refractivity contribution in [2.24, 2.45) is 0 Å². The average molecular weight is 335 g/mol. The second-order valence-corrected chi connectivity index (χ2v) is 6.31. The fourth-order valence-corrected chi connectivity index (χ4v) is 2.97. The van der Waals surface area contributed by atoms with E-state index >= 15 is 0 Å². The average Bonchev–Trinajstić information content (AvgIpc) is 2.92. The van der Waals surface area contributed by atoms with Crippen molar-refractivity contribution in [1.29, 1.82) is 0 Å². The molecule has 0 aliphatic carbocycles. The summed E-state index contributed by atoms with van der Waals surface area (Å²) in [6.45, 7) is 6.00. The summed E-state index contributed by atoms with van der Waals surface area (Å²) in [6, 6.07) is 6.97. The highest BCUT2D eigenvalue weighted by molar-refractivity contribution is 7.16. The first-order valence-electron chi connectivity index (χ1n) is 7.30. The normalized spacial score (nSPS) is 10.7. The molecular weight excluding hydrogens is 317 g/mol. The lowest BCUT2D eigenvalue weighted by atomic mass is 10.1. The molecule has 0 fully saturated rings. The molecule has 6 heteroatoms. The van der Waals surface area contributed by atoms with Gasteiger partial charge in [-0.3, -0.25) is 4.79 Å². The molecule has 23 heavy (non-hydrogen) atoms. The molecular formula is C17H18FNO3S. The van der Waals surface area contributed by atoms with Gasteiger partial charge in [-0.15, -0.1) is 11.3 Å². The second-order valence-electron chi connectivity index (χ2n) is 5.23. The van der Waals surface area contributed by atoms with Crippen molar-refractivity contribution in [3.8, 4) is 0 Å². The first-order chi connectivity index (χ1) is 10.9. The fourth-order valence-electron chi connectivity index (χ4n) is 1.92. The van der Waals surface area contributed by atoms with Crippen LogP contribution in [0.15, 0.2) is 30.3 Å². The number of anilines is 1. The Balaban J connectivity index is 2.28. The zero-order valence-corrected chi connectivity index (χ0v) is 14.0. The number of ether oxygens (including phenoxy) is 1. The number of rotatable bonds is 5. The van der Waals surface area contributed by atoms with E-state index < -0.39 is 17.7 Å². The summed E-state index contributed by atoms with van der Waals surface area (Å²) in [5.41, 5.74) is 0.664. The fraction of sp³-hybridized carbons (Fsp3) is 0.294. The molecule has 0 aliphatic rings. The lowest BCUT2D eigenvalue weighted by Crippen LogP contribution is -2.14. The van der Waals surface area contributed by atoms with Crippen molar-refractivity contribution in [2.45, 2.75) is 26.7 Å². The first kappa shape index (κ1) is 17.1. The molecule has 0 bridgehead atoms. The number of halogens is 1. The molecule has 4 nitrogen and oxygen atoms in total. The summed E-state index contributed by atoms with van der Waals surface area (Å²) < 4.78 is 18.0. The molecule has 2 rings (SSSR count). The summed E-state index contributed by atoms with van der Waals surface area (Å²) in [4.78, 5) is 25.3. The number of nitrogens with one attached hydrogen (secondary N) is 1. The van der Waals surface area contributed by atoms with Gasteiger partial charge in [-0.1, -0.05) is 13.8 Å². The van der Waals surface area contributed by atoms with Crippen LogP contribution in [0.5, 0.6) is 0 Å². The van der Waals surface area contributed by atoms with Gasteiger partial charge in [0.2, 0.25) is 0 Å². The Morgan fingerprint density at radius 2 is 1.91 bits per heavy atom. The zero-order chi connectivity index (χ0) is 17.0. The standard InChI is InChI=1S/C17H18FNO3S/c1-4-22-17(21)13-9-14(10(2)3)23-16(13)19-15(20)11-5-7-12(18)8-6-11/h5-10H,4H2,1-3H3,(H,19,20). The maximum absolute atomic E-state index is 12.9. The van der Waals surface area contributed by atoms with Crippen LogP contribution in [0.4, 0.5) is 9.39 Å². The van der Waals surface area contributed by atoms with Crippen molar-refractivity contribution in [3.63, 3.8) is 0 Å². The van der Waals surface area contributed by atoms with E-state index in [0.717, 1.165) is 4.88 Å². The van der Waals surface area contributed by atoms with Crippen LogP contribution in [0.2, 0.25) is 0 Å². The van der Waals surface area contributed by atoms with Crippen LogP contribution in [-0.4, -0.2) is 18.5 Å². The Morgan fingerprint density at radius 3 is 2.48 bits per heavy atom. The molecule has 0 spiro atoms. The SMILES string of the molecule is CCOC(=O)c1cc(C(C)C)sc1NC(=O)c1ccc(F)cc1. The zero-order valence-electron chi connectivity index (χ0n) is 13.2. The maximum atomic E-state index is 12.9. The van der Waals surface area contributed by atoms with Gasteiger partial charge in [-0.25, -0.2) is 9.18 Å². The Kier molecular flexibility index (Phi) is 5.50. The van der Waals surface area contributed by atoms with Crippen molar-refractivity contribution >= 4 is 28.2 Å². The molecule has 122 valence electrons. The molecule has 1 aromatic heterocycles. The van der Waals surface area contributed by atoms with Gasteiger partial charge in [0.05, 0.1) is 12.2 Å². The van der Waals surface area contributed by atoms with E-state index in [9.17, 15) is 14.0 Å².